The van der Waals surface area contributed by atoms with Crippen molar-refractivity contribution in [1.29, 1.82) is 0 Å². The lowest BCUT2D eigenvalue weighted by atomic mass is 10.1. The summed E-state index contributed by atoms with van der Waals surface area (Å²) in [5.41, 5.74) is 0.640. The Hall–Kier alpha value is -1.00. The summed E-state index contributed by atoms with van der Waals surface area (Å²) in [5.74, 6) is 1.39. The van der Waals surface area contributed by atoms with E-state index in [9.17, 15) is 9.90 Å². The van der Waals surface area contributed by atoms with Gasteiger partial charge in [-0.1, -0.05) is 18.2 Å². The van der Waals surface area contributed by atoms with Crippen LogP contribution in [0.4, 0.5) is 0 Å². The van der Waals surface area contributed by atoms with Crippen molar-refractivity contribution < 1.29 is 9.90 Å². The summed E-state index contributed by atoms with van der Waals surface area (Å²) in [6, 6.07) is 8.96. The first-order valence-corrected chi connectivity index (χ1v) is 6.04. The molecule has 80 valence electrons. The highest BCUT2D eigenvalue weighted by atomic mass is 32.2. The zero-order chi connectivity index (χ0) is 10.7. The van der Waals surface area contributed by atoms with Gasteiger partial charge < -0.3 is 10.4 Å². The molecule has 0 spiro atoms. The number of thioether (sulfide) groups is 1. The van der Waals surface area contributed by atoms with Crippen LogP contribution in [-0.2, 0) is 0 Å². The number of hydrogen-bond acceptors (Lipinski definition) is 3. The van der Waals surface area contributed by atoms with Gasteiger partial charge in [0.25, 0.3) is 5.91 Å². The third-order valence-electron chi connectivity index (χ3n) is 2.40. The molecule has 2 unspecified atom stereocenters. The molecule has 4 heteroatoms. The van der Waals surface area contributed by atoms with E-state index in [1.165, 1.54) is 0 Å². The van der Waals surface area contributed by atoms with Crippen LogP contribution in [0.15, 0.2) is 30.3 Å². The molecular weight excluding hydrogens is 210 g/mol. The zero-order valence-corrected chi connectivity index (χ0v) is 9.04. The van der Waals surface area contributed by atoms with Gasteiger partial charge in [0.15, 0.2) is 0 Å². The van der Waals surface area contributed by atoms with Gasteiger partial charge in [-0.25, -0.2) is 0 Å². The molecule has 0 aromatic heterocycles. The highest BCUT2D eigenvalue weighted by Crippen LogP contribution is 2.18. The smallest absolute Gasteiger partial charge is 0.251 e. The minimum Gasteiger partial charge on any atom is -0.390 e. The summed E-state index contributed by atoms with van der Waals surface area (Å²) >= 11 is 1.66. The number of benzene rings is 1. The largest absolute Gasteiger partial charge is 0.390 e. The van der Waals surface area contributed by atoms with E-state index in [1.54, 1.807) is 23.9 Å². The van der Waals surface area contributed by atoms with Crippen LogP contribution < -0.4 is 5.32 Å². The summed E-state index contributed by atoms with van der Waals surface area (Å²) in [6.45, 7) is 0. The molecule has 0 bridgehead atoms. The van der Waals surface area contributed by atoms with Gasteiger partial charge in [0, 0.05) is 17.1 Å². The number of nitrogens with one attached hydrogen (secondary N) is 1. The summed E-state index contributed by atoms with van der Waals surface area (Å²) in [7, 11) is 0. The maximum absolute atomic E-state index is 11.7. The molecule has 2 N–H and O–H groups in total. The van der Waals surface area contributed by atoms with E-state index in [0.29, 0.717) is 11.3 Å². The molecule has 0 aliphatic carbocycles. The fourth-order valence-electron chi connectivity index (χ4n) is 1.52. The van der Waals surface area contributed by atoms with E-state index in [1.807, 2.05) is 18.2 Å². The molecule has 1 amide bonds. The molecule has 2 atom stereocenters. The van der Waals surface area contributed by atoms with Gasteiger partial charge >= 0.3 is 0 Å². The first-order valence-electron chi connectivity index (χ1n) is 4.89. The highest BCUT2D eigenvalue weighted by Gasteiger charge is 2.27. The Balaban J connectivity index is 1.98. The van der Waals surface area contributed by atoms with Crippen molar-refractivity contribution in [3.63, 3.8) is 0 Å². The van der Waals surface area contributed by atoms with Gasteiger partial charge in [-0.3, -0.25) is 4.79 Å². The van der Waals surface area contributed by atoms with Gasteiger partial charge in [-0.2, -0.15) is 11.8 Å². The number of aliphatic hydroxyl groups is 1. The van der Waals surface area contributed by atoms with Gasteiger partial charge in [0.05, 0.1) is 12.1 Å². The first-order chi connectivity index (χ1) is 7.27. The van der Waals surface area contributed by atoms with Crippen LogP contribution in [0.5, 0.6) is 0 Å². The van der Waals surface area contributed by atoms with E-state index in [-0.39, 0.29) is 11.9 Å². The molecule has 3 nitrogen and oxygen atoms in total. The second-order valence-electron chi connectivity index (χ2n) is 3.55. The Morgan fingerprint density at radius 3 is 2.67 bits per heavy atom. The summed E-state index contributed by atoms with van der Waals surface area (Å²) in [4.78, 5) is 11.7. The molecular formula is C11H13NO2S. The van der Waals surface area contributed by atoms with E-state index in [0.717, 1.165) is 5.75 Å². The molecule has 1 aromatic carbocycles. The van der Waals surface area contributed by atoms with E-state index in [2.05, 4.69) is 5.32 Å². The molecule has 0 saturated carbocycles. The third kappa shape index (κ3) is 2.52. The van der Waals surface area contributed by atoms with Gasteiger partial charge in [0.1, 0.15) is 0 Å². The average molecular weight is 223 g/mol. The normalized spacial score (nSPS) is 25.1. The monoisotopic (exact) mass is 223 g/mol. The molecule has 0 radical (unpaired) electrons. The van der Waals surface area contributed by atoms with Crippen molar-refractivity contribution in [3.05, 3.63) is 35.9 Å². The Labute approximate surface area is 92.9 Å². The molecule has 1 aliphatic rings. The lowest BCUT2D eigenvalue weighted by Gasteiger charge is -2.15. The number of aliphatic hydroxyl groups excluding tert-OH is 1. The number of carbonyl (C=O) groups is 1. The molecule has 1 aromatic rings. The number of amides is 1. The Kier molecular flexibility index (Phi) is 3.28. The van der Waals surface area contributed by atoms with Crippen molar-refractivity contribution in [2.24, 2.45) is 0 Å². The second kappa shape index (κ2) is 4.68. The van der Waals surface area contributed by atoms with Crippen molar-refractivity contribution in [2.45, 2.75) is 12.1 Å². The maximum Gasteiger partial charge on any atom is 0.251 e. The zero-order valence-electron chi connectivity index (χ0n) is 8.22. The quantitative estimate of drug-likeness (QED) is 0.783. The lowest BCUT2D eigenvalue weighted by Crippen LogP contribution is -2.42. The van der Waals surface area contributed by atoms with Crippen LogP contribution in [0.25, 0.3) is 0 Å². The molecule has 1 fully saturated rings. The highest BCUT2D eigenvalue weighted by molar-refractivity contribution is 7.99. The van der Waals surface area contributed by atoms with Crippen LogP contribution in [0.3, 0.4) is 0 Å². The molecule has 1 heterocycles. The van der Waals surface area contributed by atoms with Crippen molar-refractivity contribution >= 4 is 17.7 Å². The molecule has 15 heavy (non-hydrogen) atoms. The predicted molar refractivity (Wildman–Crippen MR) is 61.0 cm³/mol. The van der Waals surface area contributed by atoms with Crippen LogP contribution >= 0.6 is 11.8 Å². The van der Waals surface area contributed by atoms with E-state index in [4.69, 9.17) is 0 Å². The van der Waals surface area contributed by atoms with E-state index >= 15 is 0 Å². The standard InChI is InChI=1S/C11H13NO2S/c13-10-7-15-6-9(10)12-11(14)8-4-2-1-3-5-8/h1-5,9-10,13H,6-7H2,(H,12,14). The maximum atomic E-state index is 11.7. The molecule has 1 aliphatic heterocycles. The number of hydrogen-bond donors (Lipinski definition) is 2. The minimum atomic E-state index is -0.414. The number of rotatable bonds is 2. The van der Waals surface area contributed by atoms with E-state index < -0.39 is 6.10 Å². The average Bonchev–Trinajstić information content (AvgIpc) is 2.66. The molecule has 2 rings (SSSR count). The van der Waals surface area contributed by atoms with Crippen LogP contribution in [0.1, 0.15) is 10.4 Å². The van der Waals surface area contributed by atoms with Crippen molar-refractivity contribution in [1.82, 2.24) is 5.32 Å². The Bertz CT molecular complexity index is 342. The lowest BCUT2D eigenvalue weighted by molar-refractivity contribution is 0.0889. The Morgan fingerprint density at radius 1 is 1.33 bits per heavy atom. The summed E-state index contributed by atoms with van der Waals surface area (Å²) in [5, 5.41) is 12.4. The van der Waals surface area contributed by atoms with Gasteiger partial charge in [-0.15, -0.1) is 0 Å². The second-order valence-corrected chi connectivity index (χ2v) is 4.63. The van der Waals surface area contributed by atoms with Gasteiger partial charge in [-0.05, 0) is 12.1 Å². The van der Waals surface area contributed by atoms with Crippen LogP contribution in [0, 0.1) is 0 Å². The topological polar surface area (TPSA) is 49.3 Å². The van der Waals surface area contributed by atoms with Crippen LogP contribution in [0.2, 0.25) is 0 Å². The summed E-state index contributed by atoms with van der Waals surface area (Å²) in [6.07, 6.45) is -0.414. The van der Waals surface area contributed by atoms with Gasteiger partial charge in [0.2, 0.25) is 0 Å². The van der Waals surface area contributed by atoms with Crippen LogP contribution in [-0.4, -0.2) is 34.7 Å². The fraction of sp³-hybridized carbons (Fsp3) is 0.364. The summed E-state index contributed by atoms with van der Waals surface area (Å²) < 4.78 is 0. The SMILES string of the molecule is O=C(NC1CSCC1O)c1ccccc1. The third-order valence-corrected chi connectivity index (χ3v) is 3.57. The Morgan fingerprint density at radius 2 is 2.07 bits per heavy atom. The fourth-order valence-corrected chi connectivity index (χ4v) is 2.69. The first kappa shape index (κ1) is 10.5. The van der Waals surface area contributed by atoms with Crippen molar-refractivity contribution in [2.75, 3.05) is 11.5 Å². The predicted octanol–water partition coefficient (Wildman–Crippen LogP) is 0.893. The molecule has 1 saturated heterocycles. The van der Waals surface area contributed by atoms with Crippen molar-refractivity contribution in [3.8, 4) is 0 Å². The minimum absolute atomic E-state index is 0.109. The number of carbonyl (C=O) groups excluding carboxylic acids is 1.